The molecular weight excluding hydrogens is 346 g/mol. The highest BCUT2D eigenvalue weighted by molar-refractivity contribution is 5.87. The Balaban J connectivity index is 4.61. The van der Waals surface area contributed by atoms with E-state index in [-0.39, 0.29) is 0 Å². The Labute approximate surface area is 122 Å². The van der Waals surface area contributed by atoms with E-state index in [1.165, 1.54) is 0 Å². The number of carbonyl (C=O) groups is 4. The molecule has 7 nitrogen and oxygen atoms in total. The van der Waals surface area contributed by atoms with Crippen LogP contribution in [-0.2, 0) is 23.9 Å². The van der Waals surface area contributed by atoms with E-state index in [9.17, 15) is 45.5 Å². The molecule has 0 saturated carbocycles. The van der Waals surface area contributed by atoms with Crippen LogP contribution in [0.2, 0.25) is 0 Å². The number of ether oxygens (including phenoxy) is 1. The molecule has 0 aliphatic rings. The maximum atomic E-state index is 12.9. The number of carbonyl (C=O) groups excluding carboxylic acids is 2. The maximum absolute atomic E-state index is 12.9. The van der Waals surface area contributed by atoms with Crippen LogP contribution in [0.5, 0.6) is 0 Å². The number of carboxylic acid groups (broad SMARTS) is 2. The molecule has 0 bridgehead atoms. The summed E-state index contributed by atoms with van der Waals surface area (Å²) in [7, 11) is 0. The molecule has 0 amide bonds. The molecule has 0 fully saturated rings. The van der Waals surface area contributed by atoms with Crippen LogP contribution in [0.3, 0.4) is 0 Å². The van der Waals surface area contributed by atoms with Crippen molar-refractivity contribution in [3.05, 3.63) is 0 Å². The summed E-state index contributed by atoms with van der Waals surface area (Å²) >= 11 is 0. The van der Waals surface area contributed by atoms with Crippen molar-refractivity contribution in [2.24, 2.45) is 0 Å². The molecule has 0 aliphatic carbocycles. The number of rotatable bonds is 8. The molecule has 2 N–H and O–H groups in total. The monoisotopic (exact) mass is 354 g/mol. The lowest BCUT2D eigenvalue weighted by atomic mass is 10.1. The molecule has 0 saturated heterocycles. The Hall–Kier alpha value is -2.34. The molecule has 0 aliphatic heterocycles. The van der Waals surface area contributed by atoms with Crippen molar-refractivity contribution < 1.29 is 60.5 Å². The van der Waals surface area contributed by atoms with E-state index in [2.05, 4.69) is 4.74 Å². The topological polar surface area (TPSA) is 118 Å². The van der Waals surface area contributed by atoms with Crippen LogP contribution in [0.1, 0.15) is 12.8 Å². The molecule has 13 heteroatoms. The van der Waals surface area contributed by atoms with Crippen LogP contribution in [0, 0.1) is 0 Å². The van der Waals surface area contributed by atoms with Gasteiger partial charge in [0, 0.05) is 0 Å². The summed E-state index contributed by atoms with van der Waals surface area (Å²) in [5.41, 5.74) is 0. The van der Waals surface area contributed by atoms with E-state index >= 15 is 0 Å². The average molecular weight is 354 g/mol. The van der Waals surface area contributed by atoms with Gasteiger partial charge in [0.1, 0.15) is 0 Å². The second-order valence-electron chi connectivity index (χ2n) is 4.05. The first kappa shape index (κ1) is 20.7. The van der Waals surface area contributed by atoms with Gasteiger partial charge < -0.3 is 14.9 Å². The highest BCUT2D eigenvalue weighted by Crippen LogP contribution is 2.26. The largest absolute Gasteiger partial charge is 0.477 e. The molecular formula is C10H8F6O7. The lowest BCUT2D eigenvalue weighted by Crippen LogP contribution is -2.41. The molecule has 23 heavy (non-hydrogen) atoms. The predicted octanol–water partition coefficient (Wildman–Crippen LogP) is 0.952. The Morgan fingerprint density at radius 3 is 1.26 bits per heavy atom. The number of halogens is 6. The van der Waals surface area contributed by atoms with Gasteiger partial charge in [-0.25, -0.2) is 18.4 Å². The molecule has 0 aromatic carbocycles. The molecule has 132 valence electrons. The predicted molar refractivity (Wildman–Crippen MR) is 55.3 cm³/mol. The first-order chi connectivity index (χ1) is 10.2. The molecule has 2 unspecified atom stereocenters. The number of carboxylic acids is 2. The normalized spacial score (nSPS) is 14.7. The Morgan fingerprint density at radius 2 is 1.04 bits per heavy atom. The highest BCUT2D eigenvalue weighted by Gasteiger charge is 2.51. The van der Waals surface area contributed by atoms with Crippen LogP contribution < -0.4 is 0 Å². The second-order valence-corrected chi connectivity index (χ2v) is 4.05. The lowest BCUT2D eigenvalue weighted by molar-refractivity contribution is -0.180. The van der Waals surface area contributed by atoms with Gasteiger partial charge in [-0.15, -0.1) is 0 Å². The molecule has 0 aromatic rings. The van der Waals surface area contributed by atoms with Crippen molar-refractivity contribution >= 4 is 23.9 Å². The highest BCUT2D eigenvalue weighted by atomic mass is 19.3. The third-order valence-electron chi connectivity index (χ3n) is 2.28. The fourth-order valence-corrected chi connectivity index (χ4v) is 1.03. The molecule has 0 radical (unpaired) electrons. The summed E-state index contributed by atoms with van der Waals surface area (Å²) in [5.74, 6) is -19.9. The summed E-state index contributed by atoms with van der Waals surface area (Å²) < 4.78 is 79.7. The van der Waals surface area contributed by atoms with Gasteiger partial charge in [0.2, 0.25) is 0 Å². The zero-order valence-electron chi connectivity index (χ0n) is 10.8. The summed E-state index contributed by atoms with van der Waals surface area (Å²) in [5, 5.41) is 15.9. The van der Waals surface area contributed by atoms with Gasteiger partial charge in [0.05, 0.1) is 12.8 Å². The quantitative estimate of drug-likeness (QED) is 0.378. The maximum Gasteiger partial charge on any atom is 0.377 e. The van der Waals surface area contributed by atoms with Crippen LogP contribution in [-0.4, -0.2) is 58.3 Å². The first-order valence-electron chi connectivity index (χ1n) is 5.47. The van der Waals surface area contributed by atoms with Gasteiger partial charge in [-0.2, -0.15) is 17.6 Å². The molecule has 2 atom stereocenters. The summed E-state index contributed by atoms with van der Waals surface area (Å²) in [6, 6.07) is 0. The molecule has 0 heterocycles. The van der Waals surface area contributed by atoms with E-state index < -0.39 is 60.9 Å². The van der Waals surface area contributed by atoms with Crippen molar-refractivity contribution in [3.63, 3.8) is 0 Å². The molecule has 0 aromatic heterocycles. The van der Waals surface area contributed by atoms with Crippen molar-refractivity contribution in [1.29, 1.82) is 0 Å². The van der Waals surface area contributed by atoms with Crippen molar-refractivity contribution in [1.82, 2.24) is 0 Å². The second kappa shape index (κ2) is 7.28. The van der Waals surface area contributed by atoms with Crippen molar-refractivity contribution in [2.45, 2.75) is 37.0 Å². The third-order valence-corrected chi connectivity index (χ3v) is 2.28. The van der Waals surface area contributed by atoms with Crippen molar-refractivity contribution in [2.75, 3.05) is 0 Å². The number of esters is 2. The number of hydrogen-bond donors (Lipinski definition) is 2. The number of aliphatic carboxylic acids is 2. The van der Waals surface area contributed by atoms with Gasteiger partial charge in [0.15, 0.2) is 12.3 Å². The minimum absolute atomic E-state index is 1.93. The van der Waals surface area contributed by atoms with Gasteiger partial charge >= 0.3 is 35.7 Å². The van der Waals surface area contributed by atoms with E-state index in [1.807, 2.05) is 0 Å². The van der Waals surface area contributed by atoms with Crippen molar-refractivity contribution in [3.8, 4) is 0 Å². The number of alkyl halides is 6. The van der Waals surface area contributed by atoms with Crippen LogP contribution in [0.15, 0.2) is 0 Å². The van der Waals surface area contributed by atoms with E-state index in [0.29, 0.717) is 0 Å². The zero-order valence-corrected chi connectivity index (χ0v) is 10.8. The lowest BCUT2D eigenvalue weighted by Gasteiger charge is -2.16. The minimum atomic E-state index is -4.99. The Morgan fingerprint density at radius 1 is 0.783 bits per heavy atom. The molecule has 0 rings (SSSR count). The number of hydrogen-bond acceptors (Lipinski definition) is 5. The Kier molecular flexibility index (Phi) is 6.54. The third kappa shape index (κ3) is 5.41. The van der Waals surface area contributed by atoms with Crippen LogP contribution >= 0.6 is 0 Å². The van der Waals surface area contributed by atoms with E-state index in [0.717, 1.165) is 0 Å². The first-order valence-corrected chi connectivity index (χ1v) is 5.47. The fourth-order valence-electron chi connectivity index (χ4n) is 1.03. The smallest absolute Gasteiger partial charge is 0.377 e. The fraction of sp³-hybridized carbons (Fsp3) is 0.600. The van der Waals surface area contributed by atoms with Gasteiger partial charge in [-0.1, -0.05) is 0 Å². The molecule has 0 spiro atoms. The minimum Gasteiger partial charge on any atom is -0.477 e. The summed E-state index contributed by atoms with van der Waals surface area (Å²) in [6.07, 6.45) is -11.1. The van der Waals surface area contributed by atoms with Gasteiger partial charge in [-0.3, -0.25) is 9.59 Å². The zero-order chi connectivity index (χ0) is 18.6. The van der Waals surface area contributed by atoms with Gasteiger partial charge in [-0.05, 0) is 0 Å². The summed E-state index contributed by atoms with van der Waals surface area (Å²) in [6.45, 7) is 0. The Bertz CT molecular complexity index is 462. The average Bonchev–Trinajstić information content (AvgIpc) is 2.37. The van der Waals surface area contributed by atoms with Crippen LogP contribution in [0.25, 0.3) is 0 Å². The summed E-state index contributed by atoms with van der Waals surface area (Å²) in [4.78, 5) is 41.7. The van der Waals surface area contributed by atoms with E-state index in [1.54, 1.807) is 0 Å². The van der Waals surface area contributed by atoms with Gasteiger partial charge in [0.25, 0.3) is 0 Å². The standard InChI is InChI=1S/C10H8F6O7/c11-3(9(13,14)7(19)20)1-5(17)23-6(18)2-4(12)10(15,16)8(21)22/h3-4H,1-2H2,(H,19,20)(H,21,22). The van der Waals surface area contributed by atoms with E-state index in [4.69, 9.17) is 10.2 Å². The van der Waals surface area contributed by atoms with Crippen LogP contribution in [0.4, 0.5) is 26.3 Å². The SMILES string of the molecule is O=C(CC(F)C(F)(F)C(=O)O)OC(=O)CC(F)C(F)(F)C(=O)O.